The average Bonchev–Trinajstić information content (AvgIpc) is 2.24. The van der Waals surface area contributed by atoms with Crippen molar-refractivity contribution in [3.8, 4) is 0 Å². The van der Waals surface area contributed by atoms with Crippen LogP contribution in [0, 0.1) is 5.41 Å². The Balaban J connectivity index is 0.00000324. The molecule has 1 atom stereocenters. The number of halogens is 1. The Morgan fingerprint density at radius 1 is 1.26 bits per heavy atom. The molecule has 0 aromatic heterocycles. The summed E-state index contributed by atoms with van der Waals surface area (Å²) in [6, 6.07) is -0.717. The molecule has 114 valence electrons. The van der Waals surface area contributed by atoms with Crippen molar-refractivity contribution in [2.45, 2.75) is 26.8 Å². The number of piperazine rings is 1. The second-order valence-corrected chi connectivity index (χ2v) is 7.54. The van der Waals surface area contributed by atoms with Crippen molar-refractivity contribution in [1.29, 1.82) is 0 Å². The van der Waals surface area contributed by atoms with E-state index in [0.29, 0.717) is 13.1 Å². The zero-order chi connectivity index (χ0) is 14.0. The molecular formula is C11H24ClN3O3S. The third-order valence-corrected chi connectivity index (χ3v) is 3.54. The Hall–Kier alpha value is -0.370. The highest BCUT2D eigenvalue weighted by atomic mass is 35.5. The fourth-order valence-corrected chi connectivity index (χ4v) is 2.76. The highest BCUT2D eigenvalue weighted by Gasteiger charge is 2.36. The van der Waals surface area contributed by atoms with Gasteiger partial charge in [0.25, 0.3) is 0 Å². The Kier molecular flexibility index (Phi) is 6.74. The summed E-state index contributed by atoms with van der Waals surface area (Å²) >= 11 is 0. The van der Waals surface area contributed by atoms with Gasteiger partial charge in [-0.15, -0.1) is 12.4 Å². The van der Waals surface area contributed by atoms with Crippen molar-refractivity contribution < 1.29 is 13.2 Å². The van der Waals surface area contributed by atoms with Crippen molar-refractivity contribution in [3.63, 3.8) is 0 Å². The number of hydrogen-bond acceptors (Lipinski definition) is 4. The summed E-state index contributed by atoms with van der Waals surface area (Å²) in [5, 5.41) is 3.16. The fourth-order valence-electron chi connectivity index (χ4n) is 1.88. The average molecular weight is 314 g/mol. The molecule has 0 radical (unpaired) electrons. The standard InChI is InChI=1S/C11H23N3O3S.ClH/c1-11(2,3)9(13-18(4,16)17)10(15)14-7-5-12-6-8-14;/h9,12-13H,5-8H2,1-4H3;1H. The number of carbonyl (C=O) groups is 1. The summed E-state index contributed by atoms with van der Waals surface area (Å²) in [6.07, 6.45) is 1.08. The lowest BCUT2D eigenvalue weighted by Gasteiger charge is -2.36. The van der Waals surface area contributed by atoms with Gasteiger partial charge in [0.05, 0.1) is 6.26 Å². The number of nitrogens with one attached hydrogen (secondary N) is 2. The van der Waals surface area contributed by atoms with Gasteiger partial charge in [-0.1, -0.05) is 20.8 Å². The molecule has 1 fully saturated rings. The second-order valence-electron chi connectivity index (χ2n) is 5.76. The first-order chi connectivity index (χ1) is 8.11. The first-order valence-electron chi connectivity index (χ1n) is 6.08. The predicted octanol–water partition coefficient (Wildman–Crippen LogP) is -0.196. The molecule has 1 amide bonds. The van der Waals surface area contributed by atoms with E-state index in [1.54, 1.807) is 4.90 Å². The Labute approximate surface area is 121 Å². The molecule has 0 aliphatic carbocycles. The largest absolute Gasteiger partial charge is 0.339 e. The van der Waals surface area contributed by atoms with Crippen molar-refractivity contribution in [3.05, 3.63) is 0 Å². The van der Waals surface area contributed by atoms with Gasteiger partial charge in [-0.05, 0) is 5.41 Å². The Morgan fingerprint density at radius 2 is 1.74 bits per heavy atom. The van der Waals surface area contributed by atoms with Gasteiger partial charge in [-0.25, -0.2) is 13.1 Å². The molecule has 0 saturated carbocycles. The third kappa shape index (κ3) is 6.07. The summed E-state index contributed by atoms with van der Waals surface area (Å²) in [6.45, 7) is 8.32. The van der Waals surface area contributed by atoms with Gasteiger partial charge in [-0.3, -0.25) is 4.79 Å². The van der Waals surface area contributed by atoms with Crippen LogP contribution in [-0.2, 0) is 14.8 Å². The van der Waals surface area contributed by atoms with E-state index in [0.717, 1.165) is 19.3 Å². The van der Waals surface area contributed by atoms with Crippen LogP contribution >= 0.6 is 12.4 Å². The molecule has 6 nitrogen and oxygen atoms in total. The van der Waals surface area contributed by atoms with Crippen LogP contribution < -0.4 is 10.0 Å². The maximum absolute atomic E-state index is 12.4. The van der Waals surface area contributed by atoms with Crippen LogP contribution in [0.3, 0.4) is 0 Å². The van der Waals surface area contributed by atoms with E-state index in [1.165, 1.54) is 0 Å². The monoisotopic (exact) mass is 313 g/mol. The second kappa shape index (κ2) is 6.88. The van der Waals surface area contributed by atoms with Crippen LogP contribution in [0.2, 0.25) is 0 Å². The van der Waals surface area contributed by atoms with Gasteiger partial charge in [0, 0.05) is 26.2 Å². The maximum Gasteiger partial charge on any atom is 0.241 e. The molecule has 19 heavy (non-hydrogen) atoms. The molecular weight excluding hydrogens is 290 g/mol. The van der Waals surface area contributed by atoms with E-state index in [9.17, 15) is 13.2 Å². The van der Waals surface area contributed by atoms with Crippen molar-refractivity contribution >= 4 is 28.3 Å². The predicted molar refractivity (Wildman–Crippen MR) is 77.9 cm³/mol. The molecule has 1 unspecified atom stereocenters. The van der Waals surface area contributed by atoms with E-state index in [2.05, 4.69) is 10.0 Å². The minimum Gasteiger partial charge on any atom is -0.339 e. The Morgan fingerprint density at radius 3 is 2.11 bits per heavy atom. The fraction of sp³-hybridized carbons (Fsp3) is 0.909. The summed E-state index contributed by atoms with van der Waals surface area (Å²) in [4.78, 5) is 14.1. The molecule has 0 spiro atoms. The van der Waals surface area contributed by atoms with E-state index < -0.39 is 21.5 Å². The molecule has 1 aliphatic rings. The third-order valence-electron chi connectivity index (χ3n) is 2.87. The maximum atomic E-state index is 12.4. The van der Waals surface area contributed by atoms with Crippen LogP contribution in [0.5, 0.6) is 0 Å². The van der Waals surface area contributed by atoms with Crippen LogP contribution in [0.1, 0.15) is 20.8 Å². The molecule has 0 bridgehead atoms. The minimum absolute atomic E-state index is 0. The molecule has 1 saturated heterocycles. The first kappa shape index (κ1) is 18.6. The molecule has 0 aromatic rings. The number of amides is 1. The van der Waals surface area contributed by atoms with Gasteiger partial charge in [0.1, 0.15) is 6.04 Å². The smallest absolute Gasteiger partial charge is 0.241 e. The highest BCUT2D eigenvalue weighted by Crippen LogP contribution is 2.22. The van der Waals surface area contributed by atoms with Crippen molar-refractivity contribution in [2.75, 3.05) is 32.4 Å². The number of sulfonamides is 1. The quantitative estimate of drug-likeness (QED) is 0.756. The van der Waals surface area contributed by atoms with E-state index in [1.807, 2.05) is 20.8 Å². The van der Waals surface area contributed by atoms with E-state index >= 15 is 0 Å². The first-order valence-corrected chi connectivity index (χ1v) is 7.97. The molecule has 0 aromatic carbocycles. The summed E-state index contributed by atoms with van der Waals surface area (Å²) in [7, 11) is -3.40. The lowest BCUT2D eigenvalue weighted by Crippen LogP contribution is -2.57. The lowest BCUT2D eigenvalue weighted by molar-refractivity contribution is -0.136. The normalized spacial score (nSPS) is 18.6. The van der Waals surface area contributed by atoms with Gasteiger partial charge >= 0.3 is 0 Å². The molecule has 1 aliphatic heterocycles. The van der Waals surface area contributed by atoms with E-state index in [-0.39, 0.29) is 18.3 Å². The van der Waals surface area contributed by atoms with Crippen molar-refractivity contribution in [2.24, 2.45) is 5.41 Å². The van der Waals surface area contributed by atoms with Crippen molar-refractivity contribution in [1.82, 2.24) is 14.9 Å². The highest BCUT2D eigenvalue weighted by molar-refractivity contribution is 7.88. The van der Waals surface area contributed by atoms with Gasteiger partial charge in [0.15, 0.2) is 0 Å². The van der Waals surface area contributed by atoms with Crippen LogP contribution in [0.4, 0.5) is 0 Å². The number of carbonyl (C=O) groups excluding carboxylic acids is 1. The number of rotatable bonds is 3. The van der Waals surface area contributed by atoms with Gasteiger partial charge in [-0.2, -0.15) is 0 Å². The van der Waals surface area contributed by atoms with Gasteiger partial charge < -0.3 is 10.2 Å². The summed E-state index contributed by atoms with van der Waals surface area (Å²) < 4.78 is 25.2. The Bertz CT molecular complexity index is 400. The molecule has 1 heterocycles. The lowest BCUT2D eigenvalue weighted by atomic mass is 9.86. The molecule has 2 N–H and O–H groups in total. The summed E-state index contributed by atoms with van der Waals surface area (Å²) in [5.41, 5.74) is -0.453. The van der Waals surface area contributed by atoms with E-state index in [4.69, 9.17) is 0 Å². The number of nitrogens with zero attached hydrogens (tertiary/aromatic N) is 1. The topological polar surface area (TPSA) is 78.5 Å². The van der Waals surface area contributed by atoms with Crippen LogP contribution in [-0.4, -0.2) is 57.7 Å². The zero-order valence-corrected chi connectivity index (χ0v) is 13.5. The molecule has 1 rings (SSSR count). The number of hydrogen-bond donors (Lipinski definition) is 2. The van der Waals surface area contributed by atoms with Crippen LogP contribution in [0.25, 0.3) is 0 Å². The molecule has 8 heteroatoms. The van der Waals surface area contributed by atoms with Crippen LogP contribution in [0.15, 0.2) is 0 Å². The SMILES string of the molecule is CC(C)(C)C(NS(C)(=O)=O)C(=O)N1CCNCC1.Cl. The summed E-state index contributed by atoms with van der Waals surface area (Å²) in [5.74, 6) is -0.144. The van der Waals surface area contributed by atoms with Gasteiger partial charge in [0.2, 0.25) is 15.9 Å². The zero-order valence-electron chi connectivity index (χ0n) is 11.9. The minimum atomic E-state index is -3.40.